The summed E-state index contributed by atoms with van der Waals surface area (Å²) in [6, 6.07) is 2.62. The zero-order valence-corrected chi connectivity index (χ0v) is 20.1. The maximum atomic E-state index is 13.8. The van der Waals surface area contributed by atoms with E-state index in [4.69, 9.17) is 4.74 Å². The number of allylic oxidation sites excluding steroid dienone is 4. The summed E-state index contributed by atoms with van der Waals surface area (Å²) in [6.07, 6.45) is 1.09. The van der Waals surface area contributed by atoms with Crippen molar-refractivity contribution < 1.29 is 44.3 Å². The van der Waals surface area contributed by atoms with Gasteiger partial charge in [0, 0.05) is 23.0 Å². The topological polar surface area (TPSA) is 170 Å². The second kappa shape index (κ2) is 7.98. The third-order valence-corrected chi connectivity index (χ3v) is 6.62. The largest absolute Gasteiger partial charge is 0.507 e. The van der Waals surface area contributed by atoms with Crippen molar-refractivity contribution in [3.05, 3.63) is 63.1 Å². The van der Waals surface area contributed by atoms with E-state index in [1.807, 2.05) is 0 Å². The van der Waals surface area contributed by atoms with Gasteiger partial charge in [-0.3, -0.25) is 14.4 Å². The molecule has 1 aliphatic carbocycles. The lowest BCUT2D eigenvalue weighted by atomic mass is 9.70. The first-order valence-electron chi connectivity index (χ1n) is 10.9. The molecule has 0 bridgehead atoms. The SMILES string of the molecule is CC(=O)c1c(O)c(C)c(O)c2c1OC1=CC(=O)/C(=C(/C)Nc3cc(C)c(O)c(C(=O)O)c3)C(=O)[C@@]12C. The van der Waals surface area contributed by atoms with Crippen LogP contribution in [-0.4, -0.2) is 43.7 Å². The molecule has 0 radical (unpaired) electrons. The molecule has 4 rings (SSSR count). The van der Waals surface area contributed by atoms with Crippen LogP contribution in [0.4, 0.5) is 5.69 Å². The predicted molar refractivity (Wildman–Crippen MR) is 127 cm³/mol. The summed E-state index contributed by atoms with van der Waals surface area (Å²) < 4.78 is 5.72. The van der Waals surface area contributed by atoms with Gasteiger partial charge in [-0.15, -0.1) is 0 Å². The Labute approximate surface area is 205 Å². The number of phenols is 3. The van der Waals surface area contributed by atoms with E-state index >= 15 is 0 Å². The monoisotopic (exact) mass is 493 g/mol. The number of hydrogen-bond donors (Lipinski definition) is 5. The van der Waals surface area contributed by atoms with Gasteiger partial charge in [-0.2, -0.15) is 0 Å². The summed E-state index contributed by atoms with van der Waals surface area (Å²) >= 11 is 0. The zero-order chi connectivity index (χ0) is 26.9. The average Bonchev–Trinajstić information content (AvgIpc) is 3.07. The fourth-order valence-corrected chi connectivity index (χ4v) is 4.66. The van der Waals surface area contributed by atoms with Gasteiger partial charge >= 0.3 is 5.97 Å². The Morgan fingerprint density at radius 3 is 2.22 bits per heavy atom. The molecule has 36 heavy (non-hydrogen) atoms. The Balaban J connectivity index is 1.89. The average molecular weight is 493 g/mol. The third kappa shape index (κ3) is 3.25. The third-order valence-electron chi connectivity index (χ3n) is 6.62. The molecule has 2 aliphatic rings. The summed E-state index contributed by atoms with van der Waals surface area (Å²) in [5, 5.41) is 43.5. The van der Waals surface area contributed by atoms with Crippen LogP contribution in [0.1, 0.15) is 58.2 Å². The number of rotatable bonds is 4. The second-order valence-corrected chi connectivity index (χ2v) is 9.01. The predicted octanol–water partition coefficient (Wildman–Crippen LogP) is 3.39. The van der Waals surface area contributed by atoms with E-state index in [1.54, 1.807) is 0 Å². The van der Waals surface area contributed by atoms with Gasteiger partial charge in [0.1, 0.15) is 45.3 Å². The van der Waals surface area contributed by atoms with Crippen LogP contribution >= 0.6 is 0 Å². The number of anilines is 1. The first-order valence-corrected chi connectivity index (χ1v) is 10.9. The highest BCUT2D eigenvalue weighted by atomic mass is 16.5. The van der Waals surface area contributed by atoms with Gasteiger partial charge in [0.15, 0.2) is 17.3 Å². The quantitative estimate of drug-likeness (QED) is 0.184. The number of benzene rings is 2. The molecule has 186 valence electrons. The summed E-state index contributed by atoms with van der Waals surface area (Å²) in [4.78, 5) is 50.6. The molecule has 2 aromatic rings. The Morgan fingerprint density at radius 1 is 1.00 bits per heavy atom. The van der Waals surface area contributed by atoms with E-state index < -0.39 is 46.0 Å². The maximum Gasteiger partial charge on any atom is 0.339 e. The number of ketones is 3. The van der Waals surface area contributed by atoms with Crippen LogP contribution in [0.25, 0.3) is 0 Å². The smallest absolute Gasteiger partial charge is 0.339 e. The highest BCUT2D eigenvalue weighted by molar-refractivity contribution is 6.31. The zero-order valence-electron chi connectivity index (χ0n) is 20.1. The molecule has 10 heteroatoms. The highest BCUT2D eigenvalue weighted by Gasteiger charge is 2.56. The molecule has 0 aromatic heterocycles. The van der Waals surface area contributed by atoms with Crippen molar-refractivity contribution >= 4 is 29.0 Å². The molecular formula is C26H23NO9. The van der Waals surface area contributed by atoms with Crippen LogP contribution in [0.5, 0.6) is 23.0 Å². The molecule has 0 spiro atoms. The van der Waals surface area contributed by atoms with Gasteiger partial charge in [0.2, 0.25) is 0 Å². The normalized spacial score (nSPS) is 19.8. The molecule has 0 amide bonds. The molecule has 1 heterocycles. The molecule has 0 fully saturated rings. The minimum Gasteiger partial charge on any atom is -0.507 e. The first kappa shape index (κ1) is 24.5. The second-order valence-electron chi connectivity index (χ2n) is 9.01. The van der Waals surface area contributed by atoms with Gasteiger partial charge in [-0.1, -0.05) is 0 Å². The van der Waals surface area contributed by atoms with Crippen molar-refractivity contribution in [2.75, 3.05) is 5.32 Å². The minimum atomic E-state index is -1.68. The number of aromatic hydroxyl groups is 3. The summed E-state index contributed by atoms with van der Waals surface area (Å²) in [5.74, 6) is -4.95. The lowest BCUT2D eigenvalue weighted by molar-refractivity contribution is -0.123. The number of carboxylic acids is 1. The number of phenolic OH excluding ortho intramolecular Hbond substituents is 2. The first-order chi connectivity index (χ1) is 16.7. The molecule has 1 atom stereocenters. The van der Waals surface area contributed by atoms with Crippen molar-refractivity contribution in [2.24, 2.45) is 0 Å². The number of ether oxygens (including phenoxy) is 1. The lowest BCUT2D eigenvalue weighted by Crippen LogP contribution is -2.40. The fourth-order valence-electron chi connectivity index (χ4n) is 4.66. The van der Waals surface area contributed by atoms with Crippen molar-refractivity contribution in [3.8, 4) is 23.0 Å². The maximum absolute atomic E-state index is 13.8. The van der Waals surface area contributed by atoms with E-state index in [9.17, 15) is 39.6 Å². The molecular weight excluding hydrogens is 470 g/mol. The number of aryl methyl sites for hydroxylation is 1. The number of carbonyl (C=O) groups excluding carboxylic acids is 3. The van der Waals surface area contributed by atoms with Crippen LogP contribution in [-0.2, 0) is 15.0 Å². The van der Waals surface area contributed by atoms with Crippen LogP contribution in [0, 0.1) is 13.8 Å². The summed E-state index contributed by atoms with van der Waals surface area (Å²) in [6.45, 7) is 6.99. The van der Waals surface area contributed by atoms with E-state index in [0.29, 0.717) is 0 Å². The molecule has 0 saturated carbocycles. The Morgan fingerprint density at radius 2 is 1.64 bits per heavy atom. The van der Waals surface area contributed by atoms with Crippen LogP contribution in [0.3, 0.4) is 0 Å². The fraction of sp³-hybridized carbons (Fsp3) is 0.231. The van der Waals surface area contributed by atoms with Gasteiger partial charge in [-0.05, 0) is 52.3 Å². The number of Topliss-reactive ketones (excluding diaryl/α,β-unsaturated/α-hetero) is 2. The summed E-state index contributed by atoms with van der Waals surface area (Å²) in [5.41, 5.74) is -1.99. The number of carboxylic acid groups (broad SMARTS) is 1. The minimum absolute atomic E-state index is 0.0177. The van der Waals surface area contributed by atoms with Crippen molar-refractivity contribution in [1.82, 2.24) is 0 Å². The van der Waals surface area contributed by atoms with E-state index in [2.05, 4.69) is 5.32 Å². The summed E-state index contributed by atoms with van der Waals surface area (Å²) in [7, 11) is 0. The molecule has 1 aliphatic heterocycles. The van der Waals surface area contributed by atoms with Crippen molar-refractivity contribution in [2.45, 2.75) is 40.0 Å². The Bertz CT molecular complexity index is 1500. The number of fused-ring (bicyclic) bond motifs is 3. The molecule has 10 nitrogen and oxygen atoms in total. The number of hydrogen-bond acceptors (Lipinski definition) is 9. The molecule has 0 unspecified atom stereocenters. The van der Waals surface area contributed by atoms with Crippen molar-refractivity contribution in [1.29, 1.82) is 0 Å². The van der Waals surface area contributed by atoms with Gasteiger partial charge in [0.25, 0.3) is 0 Å². The lowest BCUT2D eigenvalue weighted by Gasteiger charge is -2.29. The van der Waals surface area contributed by atoms with Gasteiger partial charge in [0.05, 0.1) is 11.1 Å². The van der Waals surface area contributed by atoms with E-state index in [1.165, 1.54) is 46.8 Å². The van der Waals surface area contributed by atoms with E-state index in [0.717, 1.165) is 6.08 Å². The standard InChI is InChI=1S/C26H23NO9/c1-9-6-13(7-14(20(9)30)25(34)35)27-11(3)17-15(29)8-16-26(5,24(17)33)19-22(32)10(2)21(31)18(12(4)28)23(19)36-16/h6-8,27,30-32H,1-5H3,(H,34,35)/b17-11+/t26-/m0/s1. The number of aromatic carboxylic acids is 1. The molecule has 0 saturated heterocycles. The number of nitrogens with one attached hydrogen (secondary N) is 1. The van der Waals surface area contributed by atoms with Crippen molar-refractivity contribution in [3.63, 3.8) is 0 Å². The van der Waals surface area contributed by atoms with Gasteiger partial charge in [-0.25, -0.2) is 4.79 Å². The van der Waals surface area contributed by atoms with Crippen LogP contribution in [0.2, 0.25) is 0 Å². The Kier molecular flexibility index (Phi) is 5.43. The number of carbonyl (C=O) groups is 4. The molecule has 5 N–H and O–H groups in total. The Hall–Kier alpha value is -4.60. The highest BCUT2D eigenvalue weighted by Crippen LogP contribution is 2.57. The van der Waals surface area contributed by atoms with Crippen LogP contribution < -0.4 is 10.1 Å². The van der Waals surface area contributed by atoms with E-state index in [-0.39, 0.29) is 56.3 Å². The molecule has 2 aromatic carbocycles. The van der Waals surface area contributed by atoms with Crippen LogP contribution in [0.15, 0.2) is 35.2 Å². The van der Waals surface area contributed by atoms with Gasteiger partial charge < -0.3 is 30.5 Å².